The molecule has 1 aromatic rings. The summed E-state index contributed by atoms with van der Waals surface area (Å²) in [5.41, 5.74) is 1.89. The van der Waals surface area contributed by atoms with E-state index in [0.717, 1.165) is 35.1 Å². The number of carbonyl (C=O) groups excluding carboxylic acids is 2. The van der Waals surface area contributed by atoms with Crippen molar-refractivity contribution in [1.82, 2.24) is 4.90 Å². The Hall–Kier alpha value is -1.40. The van der Waals surface area contributed by atoms with Gasteiger partial charge in [0.15, 0.2) is 0 Å². The van der Waals surface area contributed by atoms with Crippen LogP contribution >= 0.6 is 15.9 Å². The molecule has 1 N–H and O–H groups in total. The number of likely N-dealkylation sites (tertiary alicyclic amines) is 1. The third-order valence-corrected chi connectivity index (χ3v) is 4.80. The maximum absolute atomic E-state index is 12.2. The highest BCUT2D eigenvalue weighted by Crippen LogP contribution is 2.21. The Morgan fingerprint density at radius 3 is 2.91 bits per heavy atom. The van der Waals surface area contributed by atoms with E-state index < -0.39 is 0 Å². The lowest BCUT2D eigenvalue weighted by Crippen LogP contribution is -2.43. The molecular weight excluding hydrogens is 360 g/mol. The number of hydrogen-bond acceptors (Lipinski definition) is 4. The Labute approximate surface area is 145 Å². The van der Waals surface area contributed by atoms with Crippen molar-refractivity contribution in [3.05, 3.63) is 28.2 Å². The number of carbonyl (C=O) groups is 2. The molecule has 0 radical (unpaired) electrons. The van der Waals surface area contributed by atoms with Gasteiger partial charge in [-0.1, -0.05) is 22.0 Å². The number of ether oxygens (including phenoxy) is 1. The number of piperidine rings is 1. The average molecular weight is 383 g/mol. The summed E-state index contributed by atoms with van der Waals surface area (Å²) < 4.78 is 6.05. The van der Waals surface area contributed by atoms with E-state index >= 15 is 0 Å². The van der Waals surface area contributed by atoms with Gasteiger partial charge in [-0.05, 0) is 50.9 Å². The summed E-state index contributed by atoms with van der Waals surface area (Å²) in [5.74, 6) is -0.338. The fraction of sp³-hybridized carbons (Fsp3) is 0.529. The molecule has 0 saturated carbocycles. The van der Waals surface area contributed by atoms with Crippen molar-refractivity contribution in [1.29, 1.82) is 0 Å². The second-order valence-corrected chi connectivity index (χ2v) is 6.69. The third kappa shape index (κ3) is 5.32. The summed E-state index contributed by atoms with van der Waals surface area (Å²) >= 11 is 3.46. The van der Waals surface area contributed by atoms with Crippen molar-refractivity contribution in [2.75, 3.05) is 31.6 Å². The molecular formula is C17H23BrN2O3. The summed E-state index contributed by atoms with van der Waals surface area (Å²) in [4.78, 5) is 26.0. The SMILES string of the molecule is CCOC(=O)[C@H]1CCCN(CC(=O)Nc2ccc(C)c(Br)c2)C1. The van der Waals surface area contributed by atoms with Crippen LogP contribution in [-0.4, -0.2) is 43.0 Å². The minimum absolute atomic E-state index is 0.0646. The van der Waals surface area contributed by atoms with E-state index in [1.54, 1.807) is 0 Å². The van der Waals surface area contributed by atoms with Crippen molar-refractivity contribution in [2.45, 2.75) is 26.7 Å². The van der Waals surface area contributed by atoms with Gasteiger partial charge in [-0.2, -0.15) is 0 Å². The van der Waals surface area contributed by atoms with Gasteiger partial charge in [-0.3, -0.25) is 14.5 Å². The van der Waals surface area contributed by atoms with E-state index in [1.165, 1.54) is 0 Å². The lowest BCUT2D eigenvalue weighted by atomic mass is 9.98. The first-order valence-electron chi connectivity index (χ1n) is 7.94. The number of nitrogens with zero attached hydrogens (tertiary/aromatic N) is 1. The van der Waals surface area contributed by atoms with E-state index in [0.29, 0.717) is 19.7 Å². The van der Waals surface area contributed by atoms with E-state index in [-0.39, 0.29) is 17.8 Å². The van der Waals surface area contributed by atoms with Gasteiger partial charge in [0.1, 0.15) is 0 Å². The zero-order chi connectivity index (χ0) is 16.8. The predicted molar refractivity (Wildman–Crippen MR) is 93.3 cm³/mol. The number of halogens is 1. The average Bonchev–Trinajstić information content (AvgIpc) is 2.51. The van der Waals surface area contributed by atoms with Gasteiger partial charge < -0.3 is 10.1 Å². The van der Waals surface area contributed by atoms with E-state index in [1.807, 2.05) is 36.9 Å². The third-order valence-electron chi connectivity index (χ3n) is 3.95. The van der Waals surface area contributed by atoms with Gasteiger partial charge in [-0.15, -0.1) is 0 Å². The molecule has 1 amide bonds. The summed E-state index contributed by atoms with van der Waals surface area (Å²) in [6.07, 6.45) is 1.74. The molecule has 126 valence electrons. The smallest absolute Gasteiger partial charge is 0.310 e. The summed E-state index contributed by atoms with van der Waals surface area (Å²) in [5, 5.41) is 2.90. The summed E-state index contributed by atoms with van der Waals surface area (Å²) in [6, 6.07) is 5.73. The van der Waals surface area contributed by atoms with E-state index in [2.05, 4.69) is 21.2 Å². The molecule has 0 bridgehead atoms. The Morgan fingerprint density at radius 2 is 2.22 bits per heavy atom. The highest BCUT2D eigenvalue weighted by molar-refractivity contribution is 9.10. The van der Waals surface area contributed by atoms with Crippen molar-refractivity contribution in [3.63, 3.8) is 0 Å². The van der Waals surface area contributed by atoms with Crippen LogP contribution in [-0.2, 0) is 14.3 Å². The molecule has 6 heteroatoms. The maximum atomic E-state index is 12.2. The normalized spacial score (nSPS) is 18.5. The molecule has 1 saturated heterocycles. The Balaban J connectivity index is 1.86. The van der Waals surface area contributed by atoms with Gasteiger partial charge in [0.2, 0.25) is 5.91 Å². The zero-order valence-corrected chi connectivity index (χ0v) is 15.2. The number of rotatable bonds is 5. The quantitative estimate of drug-likeness (QED) is 0.795. The highest BCUT2D eigenvalue weighted by atomic mass is 79.9. The van der Waals surface area contributed by atoms with Crippen LogP contribution in [0.15, 0.2) is 22.7 Å². The number of nitrogens with one attached hydrogen (secondary N) is 1. The molecule has 1 heterocycles. The predicted octanol–water partition coefficient (Wildman–Crippen LogP) is 2.97. The lowest BCUT2D eigenvalue weighted by Gasteiger charge is -2.30. The number of amides is 1. The minimum Gasteiger partial charge on any atom is -0.466 e. The molecule has 23 heavy (non-hydrogen) atoms. The molecule has 0 aromatic heterocycles. The fourth-order valence-corrected chi connectivity index (χ4v) is 3.10. The molecule has 0 unspecified atom stereocenters. The lowest BCUT2D eigenvalue weighted by molar-refractivity contribution is -0.150. The van der Waals surface area contributed by atoms with Crippen LogP contribution in [0.2, 0.25) is 0 Å². The van der Waals surface area contributed by atoms with Crippen LogP contribution < -0.4 is 5.32 Å². The number of benzene rings is 1. The highest BCUT2D eigenvalue weighted by Gasteiger charge is 2.27. The molecule has 5 nitrogen and oxygen atoms in total. The minimum atomic E-state index is -0.153. The topological polar surface area (TPSA) is 58.6 Å². The monoisotopic (exact) mass is 382 g/mol. The van der Waals surface area contributed by atoms with E-state index in [4.69, 9.17) is 4.74 Å². The van der Waals surface area contributed by atoms with E-state index in [9.17, 15) is 9.59 Å². The molecule has 1 aliphatic rings. The zero-order valence-electron chi connectivity index (χ0n) is 13.6. The molecule has 2 rings (SSSR count). The van der Waals surface area contributed by atoms with Crippen LogP contribution in [0.5, 0.6) is 0 Å². The molecule has 0 spiro atoms. The second kappa shape index (κ2) is 8.45. The van der Waals surface area contributed by atoms with Crippen LogP contribution in [0, 0.1) is 12.8 Å². The standard InChI is InChI=1S/C17H23BrN2O3/c1-3-23-17(22)13-5-4-8-20(10-13)11-16(21)19-14-7-6-12(2)15(18)9-14/h6-7,9,13H,3-5,8,10-11H2,1-2H3,(H,19,21)/t13-/m0/s1. The molecule has 1 atom stereocenters. The maximum Gasteiger partial charge on any atom is 0.310 e. The summed E-state index contributed by atoms with van der Waals surface area (Å²) in [7, 11) is 0. The number of aryl methyl sites for hydroxylation is 1. The van der Waals surface area contributed by atoms with Crippen molar-refractivity contribution < 1.29 is 14.3 Å². The number of anilines is 1. The Bertz CT molecular complexity index is 577. The Kier molecular flexibility index (Phi) is 6.59. The van der Waals surface area contributed by atoms with Crippen molar-refractivity contribution >= 4 is 33.5 Å². The number of esters is 1. The first kappa shape index (κ1) is 17.9. The van der Waals surface area contributed by atoms with Gasteiger partial charge in [-0.25, -0.2) is 0 Å². The number of hydrogen-bond donors (Lipinski definition) is 1. The van der Waals surface area contributed by atoms with Gasteiger partial charge in [0.25, 0.3) is 0 Å². The Morgan fingerprint density at radius 1 is 1.43 bits per heavy atom. The van der Waals surface area contributed by atoms with Crippen LogP contribution in [0.4, 0.5) is 5.69 Å². The first-order chi connectivity index (χ1) is 11.0. The first-order valence-corrected chi connectivity index (χ1v) is 8.74. The van der Waals surface area contributed by atoms with Crippen LogP contribution in [0.25, 0.3) is 0 Å². The van der Waals surface area contributed by atoms with Crippen molar-refractivity contribution in [3.8, 4) is 0 Å². The fourth-order valence-electron chi connectivity index (χ4n) is 2.73. The van der Waals surface area contributed by atoms with Crippen LogP contribution in [0.3, 0.4) is 0 Å². The molecule has 0 aliphatic carbocycles. The van der Waals surface area contributed by atoms with Crippen molar-refractivity contribution in [2.24, 2.45) is 5.92 Å². The largest absolute Gasteiger partial charge is 0.466 e. The van der Waals surface area contributed by atoms with Crippen LogP contribution in [0.1, 0.15) is 25.3 Å². The van der Waals surface area contributed by atoms with Gasteiger partial charge >= 0.3 is 5.97 Å². The molecule has 1 aliphatic heterocycles. The summed E-state index contributed by atoms with van der Waals surface area (Å²) in [6.45, 7) is 5.93. The molecule has 1 aromatic carbocycles. The van der Waals surface area contributed by atoms with Gasteiger partial charge in [0.05, 0.1) is 19.1 Å². The second-order valence-electron chi connectivity index (χ2n) is 5.84. The van der Waals surface area contributed by atoms with Gasteiger partial charge in [0, 0.05) is 16.7 Å². The molecule has 1 fully saturated rings.